The van der Waals surface area contributed by atoms with E-state index in [1.54, 1.807) is 24.3 Å². The van der Waals surface area contributed by atoms with Crippen molar-refractivity contribution in [2.75, 3.05) is 0 Å². The van der Waals surface area contributed by atoms with Crippen molar-refractivity contribution in [1.82, 2.24) is 10.6 Å². The highest BCUT2D eigenvalue weighted by Gasteiger charge is 2.41. The van der Waals surface area contributed by atoms with Crippen molar-refractivity contribution in [2.45, 2.75) is 17.9 Å². The quantitative estimate of drug-likeness (QED) is 0.687. The van der Waals surface area contributed by atoms with Crippen LogP contribution in [0.4, 0.5) is 0 Å². The second-order valence-corrected chi connectivity index (χ2v) is 5.94. The van der Waals surface area contributed by atoms with Gasteiger partial charge in [0.15, 0.2) is 5.78 Å². The fraction of sp³-hybridized carbons (Fsp3) is 0.214. The molecule has 3 rings (SSSR count). The van der Waals surface area contributed by atoms with Crippen molar-refractivity contribution in [1.29, 1.82) is 0 Å². The second kappa shape index (κ2) is 5.34. The summed E-state index contributed by atoms with van der Waals surface area (Å²) in [6, 6.07) is 6.61. The summed E-state index contributed by atoms with van der Waals surface area (Å²) in [6.45, 7) is 0.534. The number of carbonyl (C=O) groups excluding carboxylic acids is 1. The molecule has 0 bridgehead atoms. The maximum atomic E-state index is 11.8. The molecule has 1 saturated carbocycles. The predicted molar refractivity (Wildman–Crippen MR) is 76.0 cm³/mol. The number of ketones is 1. The molecule has 0 amide bonds. The van der Waals surface area contributed by atoms with Crippen LogP contribution in [-0.2, 0) is 22.4 Å². The van der Waals surface area contributed by atoms with Gasteiger partial charge in [0.25, 0.3) is 0 Å². The number of fused-ring (bicyclic) bond motifs is 1. The smallest absolute Gasteiger partial charge is 0.187 e. The summed E-state index contributed by atoms with van der Waals surface area (Å²) in [6.07, 6.45) is 2.24. The highest BCUT2D eigenvalue weighted by molar-refractivity contribution is 7.79. The van der Waals surface area contributed by atoms with Crippen molar-refractivity contribution in [3.63, 3.8) is 0 Å². The Bertz CT molecular complexity index is 679. The molecule has 1 aliphatic heterocycles. The van der Waals surface area contributed by atoms with E-state index in [0.29, 0.717) is 6.54 Å². The summed E-state index contributed by atoms with van der Waals surface area (Å²) < 4.78 is 21.6. The molecule has 21 heavy (non-hydrogen) atoms. The Morgan fingerprint density at radius 2 is 2.10 bits per heavy atom. The predicted octanol–water partition coefficient (Wildman–Crippen LogP) is 0.218. The minimum absolute atomic E-state index is 0.0309. The Morgan fingerprint density at radius 1 is 1.38 bits per heavy atom. The molecule has 0 aromatic heterocycles. The summed E-state index contributed by atoms with van der Waals surface area (Å²) in [5.41, 5.74) is 7.87. The third-order valence-corrected chi connectivity index (χ3v) is 4.22. The molecule has 2 unspecified atom stereocenters. The summed E-state index contributed by atoms with van der Waals surface area (Å²) in [7, 11) is 0. The van der Waals surface area contributed by atoms with E-state index in [9.17, 15) is 13.6 Å². The lowest BCUT2D eigenvalue weighted by Crippen LogP contribution is -2.23. The first kappa shape index (κ1) is 13.8. The molecule has 1 fully saturated rings. The van der Waals surface area contributed by atoms with Gasteiger partial charge in [0.05, 0.1) is 11.6 Å². The van der Waals surface area contributed by atoms with Gasteiger partial charge in [-0.15, -0.1) is 0 Å². The molecule has 110 valence electrons. The monoisotopic (exact) mass is 304 g/mol. The van der Waals surface area contributed by atoms with Crippen molar-refractivity contribution in [3.05, 3.63) is 53.1 Å². The van der Waals surface area contributed by atoms with E-state index in [1.165, 1.54) is 6.20 Å². The molecule has 4 N–H and O–H groups in total. The molecule has 2 atom stereocenters. The van der Waals surface area contributed by atoms with Gasteiger partial charge in [-0.3, -0.25) is 9.00 Å². The molecule has 7 heteroatoms. The normalized spacial score (nSPS) is 21.9. The molecule has 2 aliphatic rings. The highest BCUT2D eigenvalue weighted by atomic mass is 32.2. The van der Waals surface area contributed by atoms with E-state index < -0.39 is 11.1 Å². The third-order valence-electron chi connectivity index (χ3n) is 3.56. The molecule has 1 aromatic carbocycles. The van der Waals surface area contributed by atoms with Gasteiger partial charge < -0.3 is 20.9 Å². The van der Waals surface area contributed by atoms with E-state index in [-0.39, 0.29) is 22.3 Å². The van der Waals surface area contributed by atoms with Crippen molar-refractivity contribution in [3.8, 4) is 0 Å². The first-order valence-corrected chi connectivity index (χ1v) is 7.55. The van der Waals surface area contributed by atoms with Gasteiger partial charge in [-0.05, 0) is 40.8 Å². The summed E-state index contributed by atoms with van der Waals surface area (Å²) in [5, 5.41) is 6.24. The highest BCUT2D eigenvalue weighted by Crippen LogP contribution is 2.41. The Morgan fingerprint density at radius 3 is 2.76 bits per heavy atom. The van der Waals surface area contributed by atoms with Gasteiger partial charge in [-0.2, -0.15) is 0 Å². The molecule has 6 nitrogen and oxygen atoms in total. The molecule has 0 radical (unpaired) electrons. The van der Waals surface area contributed by atoms with Crippen LogP contribution in [0.2, 0.25) is 0 Å². The average Bonchev–Trinajstić information content (AvgIpc) is 3.27. The molecular formula is C14H14N3O3S-. The zero-order valence-electron chi connectivity index (χ0n) is 11.1. The summed E-state index contributed by atoms with van der Waals surface area (Å²) in [4.78, 5) is 12.0. The van der Waals surface area contributed by atoms with Crippen LogP contribution in [0.3, 0.4) is 0 Å². The molecular weight excluding hydrogens is 290 g/mol. The Balaban J connectivity index is 1.67. The van der Waals surface area contributed by atoms with Gasteiger partial charge in [0.1, 0.15) is 5.82 Å². The van der Waals surface area contributed by atoms with Crippen molar-refractivity contribution in [2.24, 2.45) is 11.7 Å². The lowest BCUT2D eigenvalue weighted by atomic mass is 10.2. The number of nitrogens with two attached hydrogens (primary N) is 1. The lowest BCUT2D eigenvalue weighted by molar-refractivity contribution is -0.116. The van der Waals surface area contributed by atoms with Crippen LogP contribution < -0.4 is 16.4 Å². The number of carbonyl (C=O) groups is 1. The number of rotatable bonds is 4. The Hall–Kier alpha value is -2.12. The van der Waals surface area contributed by atoms with Crippen LogP contribution in [0.15, 0.2) is 52.5 Å². The maximum absolute atomic E-state index is 11.8. The van der Waals surface area contributed by atoms with Gasteiger partial charge >= 0.3 is 0 Å². The number of Topliss-reactive ketones (excluding diaryl/α,β-unsaturated/α-hetero) is 1. The van der Waals surface area contributed by atoms with E-state index in [2.05, 4.69) is 10.6 Å². The largest absolute Gasteiger partial charge is 0.768 e. The maximum Gasteiger partial charge on any atom is 0.187 e. The fourth-order valence-corrected chi connectivity index (χ4v) is 2.63. The van der Waals surface area contributed by atoms with Crippen molar-refractivity contribution < 1.29 is 13.6 Å². The van der Waals surface area contributed by atoms with Gasteiger partial charge in [0.2, 0.25) is 0 Å². The summed E-state index contributed by atoms with van der Waals surface area (Å²) in [5.74, 6) is 0.686. The van der Waals surface area contributed by atoms with Crippen LogP contribution in [0.25, 0.3) is 0 Å². The lowest BCUT2D eigenvalue weighted by Gasteiger charge is -2.11. The van der Waals surface area contributed by atoms with E-state index >= 15 is 0 Å². The van der Waals surface area contributed by atoms with E-state index in [0.717, 1.165) is 23.4 Å². The number of hydrogen-bond donors (Lipinski definition) is 3. The van der Waals surface area contributed by atoms with Crippen LogP contribution in [-0.4, -0.2) is 14.5 Å². The molecule has 1 aromatic rings. The second-order valence-electron chi connectivity index (χ2n) is 5.00. The molecule has 0 saturated heterocycles. The van der Waals surface area contributed by atoms with Crippen LogP contribution in [0.1, 0.15) is 12.0 Å². The fourth-order valence-electron chi connectivity index (χ4n) is 2.28. The van der Waals surface area contributed by atoms with E-state index in [4.69, 9.17) is 5.73 Å². The average molecular weight is 304 g/mol. The minimum atomic E-state index is -2.21. The van der Waals surface area contributed by atoms with Gasteiger partial charge in [0, 0.05) is 17.6 Å². The standard InChI is InChI=1S/C14H15N3O3S/c15-12-7-17-14(11-5-10(11)13(12)18)16-6-8-1-3-9(4-2-8)21(19)20/h1-4,7,10,16-17H,5-6,15H2,(H,19,20)/p-1. The number of allylic oxidation sites excluding steroid dienone is 2. The Kier molecular flexibility index (Phi) is 3.52. The van der Waals surface area contributed by atoms with Crippen LogP contribution in [0.5, 0.6) is 0 Å². The zero-order valence-corrected chi connectivity index (χ0v) is 11.9. The topological polar surface area (TPSA) is 107 Å². The van der Waals surface area contributed by atoms with Gasteiger partial charge in [-0.25, -0.2) is 0 Å². The van der Waals surface area contributed by atoms with Crippen LogP contribution >= 0.6 is 0 Å². The third kappa shape index (κ3) is 2.84. The summed E-state index contributed by atoms with van der Waals surface area (Å²) >= 11 is -2.21. The minimum Gasteiger partial charge on any atom is -0.768 e. The molecule has 1 aliphatic carbocycles. The number of benzene rings is 1. The number of hydrogen-bond acceptors (Lipinski definition) is 6. The van der Waals surface area contributed by atoms with E-state index in [1.807, 2.05) is 0 Å². The molecule has 1 heterocycles. The zero-order chi connectivity index (χ0) is 15.0. The first-order chi connectivity index (χ1) is 10.1. The SMILES string of the molecule is NC1=CNC(NCc2ccc(S(=O)[O-])cc2)=C2CC2C1=O. The van der Waals surface area contributed by atoms with Crippen molar-refractivity contribution >= 4 is 16.9 Å². The Labute approximate surface area is 124 Å². The first-order valence-electron chi connectivity index (χ1n) is 6.48. The van der Waals surface area contributed by atoms with Gasteiger partial charge in [-0.1, -0.05) is 12.1 Å². The molecule has 0 spiro atoms. The van der Waals surface area contributed by atoms with Crippen LogP contribution in [0, 0.1) is 5.92 Å². The number of nitrogens with one attached hydrogen (secondary N) is 2.